The third-order valence-corrected chi connectivity index (χ3v) is 5.27. The predicted octanol–water partition coefficient (Wildman–Crippen LogP) is 4.34. The van der Waals surface area contributed by atoms with Crippen LogP contribution in [0.25, 0.3) is 0 Å². The Bertz CT molecular complexity index is 875. The summed E-state index contributed by atoms with van der Waals surface area (Å²) in [4.78, 5) is 15.4. The summed E-state index contributed by atoms with van der Waals surface area (Å²) in [7, 11) is 0. The van der Waals surface area contributed by atoms with Crippen molar-refractivity contribution in [2.45, 2.75) is 18.2 Å². The van der Waals surface area contributed by atoms with Crippen molar-refractivity contribution in [3.8, 4) is 0 Å². The van der Waals surface area contributed by atoms with Crippen LogP contribution in [0.15, 0.2) is 34.7 Å². The summed E-state index contributed by atoms with van der Waals surface area (Å²) < 4.78 is 14.3. The summed E-state index contributed by atoms with van der Waals surface area (Å²) in [6.07, 6.45) is 0. The number of aromatic nitrogens is 3. The molecule has 2 aromatic heterocycles. The summed E-state index contributed by atoms with van der Waals surface area (Å²) in [6.45, 7) is 3.80. The van der Waals surface area contributed by atoms with Gasteiger partial charge in [0.25, 0.3) is 0 Å². The van der Waals surface area contributed by atoms with Crippen molar-refractivity contribution in [2.75, 3.05) is 11.1 Å². The number of ketones is 1. The number of rotatable bonds is 6. The van der Waals surface area contributed by atoms with Gasteiger partial charge in [0.1, 0.15) is 5.82 Å². The highest BCUT2D eigenvalue weighted by molar-refractivity contribution is 8.01. The van der Waals surface area contributed by atoms with E-state index in [1.807, 2.05) is 19.9 Å². The highest BCUT2D eigenvalue weighted by Gasteiger charge is 2.14. The maximum Gasteiger partial charge on any atom is 0.210 e. The van der Waals surface area contributed by atoms with Gasteiger partial charge >= 0.3 is 0 Å². The minimum absolute atomic E-state index is 0.0423. The van der Waals surface area contributed by atoms with Crippen LogP contribution >= 0.6 is 23.1 Å². The molecule has 0 unspecified atom stereocenters. The van der Waals surface area contributed by atoms with Gasteiger partial charge in [0, 0.05) is 17.0 Å². The number of anilines is 2. The number of aromatic amines is 1. The van der Waals surface area contributed by atoms with Gasteiger partial charge in [0.15, 0.2) is 10.1 Å². The van der Waals surface area contributed by atoms with Gasteiger partial charge in [-0.25, -0.2) is 4.39 Å². The quantitative estimate of drug-likeness (QED) is 0.504. The molecule has 0 radical (unpaired) electrons. The van der Waals surface area contributed by atoms with Crippen LogP contribution in [0.2, 0.25) is 0 Å². The first-order valence-electron chi connectivity index (χ1n) is 7.20. The number of H-pyrrole nitrogens is 1. The van der Waals surface area contributed by atoms with Crippen molar-refractivity contribution in [1.82, 2.24) is 15.2 Å². The summed E-state index contributed by atoms with van der Waals surface area (Å²) in [5, 5.41) is 11.4. The molecule has 2 N–H and O–H groups in total. The fraction of sp³-hybridized carbons (Fsp3) is 0.188. The molecule has 0 aliphatic carbocycles. The standard InChI is InChI=1S/C16H15FN4OS2/c1-9-7-11(10(2)18-9)14(22)8-23-16-21-20-15(24-16)19-13-6-4-3-5-12(13)17/h3-7,18H,8H2,1-2H3,(H,19,20). The van der Waals surface area contributed by atoms with Gasteiger partial charge in [-0.05, 0) is 32.0 Å². The normalized spacial score (nSPS) is 10.8. The van der Waals surface area contributed by atoms with E-state index in [4.69, 9.17) is 0 Å². The molecule has 0 bridgehead atoms. The Hall–Kier alpha value is -2.19. The number of halogens is 1. The number of hydrogen-bond donors (Lipinski definition) is 2. The van der Waals surface area contributed by atoms with Gasteiger partial charge in [0.2, 0.25) is 5.13 Å². The molecule has 0 spiro atoms. The van der Waals surface area contributed by atoms with Crippen molar-refractivity contribution in [3.05, 3.63) is 53.1 Å². The van der Waals surface area contributed by atoms with E-state index in [0.717, 1.165) is 11.4 Å². The Balaban J connectivity index is 1.61. The molecule has 24 heavy (non-hydrogen) atoms. The number of carbonyl (C=O) groups excluding carboxylic acids is 1. The lowest BCUT2D eigenvalue weighted by Gasteiger charge is -2.01. The van der Waals surface area contributed by atoms with E-state index >= 15 is 0 Å². The zero-order valence-corrected chi connectivity index (χ0v) is 14.7. The molecular formula is C16H15FN4OS2. The zero-order chi connectivity index (χ0) is 17.1. The topological polar surface area (TPSA) is 70.7 Å². The van der Waals surface area contributed by atoms with E-state index in [0.29, 0.717) is 20.7 Å². The lowest BCUT2D eigenvalue weighted by Crippen LogP contribution is -2.02. The van der Waals surface area contributed by atoms with Gasteiger partial charge in [-0.2, -0.15) is 0 Å². The lowest BCUT2D eigenvalue weighted by molar-refractivity contribution is 0.102. The van der Waals surface area contributed by atoms with E-state index < -0.39 is 0 Å². The van der Waals surface area contributed by atoms with Gasteiger partial charge in [-0.15, -0.1) is 10.2 Å². The first kappa shape index (κ1) is 16.7. The van der Waals surface area contributed by atoms with Crippen LogP contribution in [0.3, 0.4) is 0 Å². The van der Waals surface area contributed by atoms with E-state index in [2.05, 4.69) is 20.5 Å². The molecule has 8 heteroatoms. The molecule has 1 aromatic carbocycles. The Labute approximate surface area is 146 Å². The second kappa shape index (κ2) is 7.14. The third-order valence-electron chi connectivity index (χ3n) is 3.30. The second-order valence-electron chi connectivity index (χ2n) is 5.18. The molecule has 0 amide bonds. The molecule has 0 saturated carbocycles. The predicted molar refractivity (Wildman–Crippen MR) is 94.9 cm³/mol. The van der Waals surface area contributed by atoms with Crippen LogP contribution in [-0.4, -0.2) is 26.7 Å². The van der Waals surface area contributed by atoms with Gasteiger partial charge in [-0.3, -0.25) is 4.79 Å². The molecule has 3 aromatic rings. The first-order chi connectivity index (χ1) is 11.5. The van der Waals surface area contributed by atoms with Gasteiger partial charge in [-0.1, -0.05) is 35.2 Å². The number of nitrogens with one attached hydrogen (secondary N) is 2. The smallest absolute Gasteiger partial charge is 0.210 e. The Kier molecular flexibility index (Phi) is 4.96. The van der Waals surface area contributed by atoms with Gasteiger partial charge < -0.3 is 10.3 Å². The average molecular weight is 362 g/mol. The molecule has 2 heterocycles. The zero-order valence-electron chi connectivity index (χ0n) is 13.1. The minimum Gasteiger partial charge on any atom is -0.362 e. The number of nitrogens with zero attached hydrogens (tertiary/aromatic N) is 2. The van der Waals surface area contributed by atoms with E-state index in [1.165, 1.54) is 29.2 Å². The van der Waals surface area contributed by atoms with E-state index in [-0.39, 0.29) is 17.4 Å². The lowest BCUT2D eigenvalue weighted by atomic mass is 10.2. The summed E-state index contributed by atoms with van der Waals surface area (Å²) >= 11 is 2.61. The average Bonchev–Trinajstić information content (AvgIpc) is 3.13. The highest BCUT2D eigenvalue weighted by Crippen LogP contribution is 2.29. The molecule has 0 aliphatic rings. The molecule has 5 nitrogen and oxygen atoms in total. The van der Waals surface area contributed by atoms with Crippen LogP contribution in [0.1, 0.15) is 21.7 Å². The number of hydrogen-bond acceptors (Lipinski definition) is 6. The number of Topliss-reactive ketones (excluding diaryl/α,β-unsaturated/α-hetero) is 1. The maximum atomic E-state index is 13.6. The second-order valence-corrected chi connectivity index (χ2v) is 7.38. The van der Waals surface area contributed by atoms with Crippen LogP contribution < -0.4 is 5.32 Å². The number of benzene rings is 1. The third kappa shape index (κ3) is 3.82. The van der Waals surface area contributed by atoms with Crippen molar-refractivity contribution in [2.24, 2.45) is 0 Å². The highest BCUT2D eigenvalue weighted by atomic mass is 32.2. The summed E-state index contributed by atoms with van der Waals surface area (Å²) in [6, 6.07) is 8.21. The van der Waals surface area contributed by atoms with Gasteiger partial charge in [0.05, 0.1) is 11.4 Å². The molecule has 0 fully saturated rings. The van der Waals surface area contributed by atoms with Crippen LogP contribution in [0.5, 0.6) is 0 Å². The molecule has 0 atom stereocenters. The SMILES string of the molecule is Cc1cc(C(=O)CSc2nnc(Nc3ccccc3F)s2)c(C)[nH]1. The molecule has 0 saturated heterocycles. The Morgan fingerprint density at radius 2 is 2.12 bits per heavy atom. The Morgan fingerprint density at radius 3 is 2.83 bits per heavy atom. The minimum atomic E-state index is -0.351. The van der Waals surface area contributed by atoms with Crippen molar-refractivity contribution in [3.63, 3.8) is 0 Å². The summed E-state index contributed by atoms with van der Waals surface area (Å²) in [5.41, 5.74) is 2.89. The number of aryl methyl sites for hydroxylation is 2. The fourth-order valence-electron chi connectivity index (χ4n) is 2.21. The van der Waals surface area contributed by atoms with E-state index in [9.17, 15) is 9.18 Å². The Morgan fingerprint density at radius 1 is 1.33 bits per heavy atom. The van der Waals surface area contributed by atoms with E-state index in [1.54, 1.807) is 18.2 Å². The largest absolute Gasteiger partial charge is 0.362 e. The fourth-order valence-corrected chi connectivity index (χ4v) is 3.86. The number of carbonyl (C=O) groups is 1. The molecule has 3 rings (SSSR count). The molecular weight excluding hydrogens is 347 g/mol. The number of para-hydroxylation sites is 1. The van der Waals surface area contributed by atoms with Crippen molar-refractivity contribution in [1.29, 1.82) is 0 Å². The van der Waals surface area contributed by atoms with Crippen molar-refractivity contribution >= 4 is 39.7 Å². The molecule has 0 aliphatic heterocycles. The van der Waals surface area contributed by atoms with Crippen LogP contribution in [-0.2, 0) is 0 Å². The van der Waals surface area contributed by atoms with Crippen molar-refractivity contribution < 1.29 is 9.18 Å². The monoisotopic (exact) mass is 362 g/mol. The first-order valence-corrected chi connectivity index (χ1v) is 9.00. The molecule has 124 valence electrons. The van der Waals surface area contributed by atoms with Crippen LogP contribution in [0.4, 0.5) is 15.2 Å². The number of thioether (sulfide) groups is 1. The summed E-state index contributed by atoms with van der Waals surface area (Å²) in [5.74, 6) is -0.0250. The van der Waals surface area contributed by atoms with Crippen LogP contribution in [0, 0.1) is 19.7 Å². The maximum absolute atomic E-state index is 13.6.